The van der Waals surface area contributed by atoms with Crippen LogP contribution in [0.4, 0.5) is 19.0 Å². The first-order chi connectivity index (χ1) is 14.8. The van der Waals surface area contributed by atoms with E-state index in [1.54, 1.807) is 9.80 Å². The normalized spacial score (nSPS) is 14.8. The summed E-state index contributed by atoms with van der Waals surface area (Å²) in [5, 5.41) is 1.59. The number of hydrogen-bond donors (Lipinski definition) is 0. The van der Waals surface area contributed by atoms with Gasteiger partial charge in [0, 0.05) is 37.8 Å². The molecule has 6 nitrogen and oxygen atoms in total. The Kier molecular flexibility index (Phi) is 6.19. The molecule has 4 rings (SSSR count). The summed E-state index contributed by atoms with van der Waals surface area (Å²) in [5.41, 5.74) is -0.0636. The summed E-state index contributed by atoms with van der Waals surface area (Å²) in [6.45, 7) is 1.74. The van der Waals surface area contributed by atoms with E-state index in [1.165, 1.54) is 18.1 Å². The Bertz CT molecular complexity index is 1100. The molecule has 3 heterocycles. The van der Waals surface area contributed by atoms with Gasteiger partial charge >= 0.3 is 6.18 Å². The second-order valence-corrected chi connectivity index (χ2v) is 8.25. The number of rotatable bonds is 4. The van der Waals surface area contributed by atoms with Crippen molar-refractivity contribution in [3.05, 3.63) is 53.4 Å². The molecular weight excluding hydrogens is 451 g/mol. The van der Waals surface area contributed by atoms with Crippen LogP contribution >= 0.6 is 23.4 Å². The Morgan fingerprint density at radius 2 is 1.84 bits per heavy atom. The number of carbonyl (C=O) groups is 1. The van der Waals surface area contributed by atoms with Gasteiger partial charge < -0.3 is 9.80 Å². The lowest BCUT2D eigenvalue weighted by molar-refractivity contribution is -0.137. The van der Waals surface area contributed by atoms with Crippen molar-refractivity contribution in [1.29, 1.82) is 0 Å². The lowest BCUT2D eigenvalue weighted by Crippen LogP contribution is -2.49. The lowest BCUT2D eigenvalue weighted by atomic mass is 10.2. The zero-order chi connectivity index (χ0) is 22.0. The van der Waals surface area contributed by atoms with Gasteiger partial charge in [0.2, 0.25) is 5.91 Å². The molecule has 162 valence electrons. The molecule has 11 heteroatoms. The van der Waals surface area contributed by atoms with Gasteiger partial charge in [-0.15, -0.1) is 0 Å². The number of nitrogens with zero attached hydrogens (tertiary/aromatic N) is 5. The number of carbonyl (C=O) groups excluding carboxylic acids is 1. The molecule has 1 amide bonds. The number of alkyl halides is 3. The van der Waals surface area contributed by atoms with Crippen molar-refractivity contribution >= 4 is 46.0 Å². The predicted molar refractivity (Wildman–Crippen MR) is 113 cm³/mol. The van der Waals surface area contributed by atoms with Crippen LogP contribution < -0.4 is 4.90 Å². The van der Waals surface area contributed by atoms with E-state index in [2.05, 4.69) is 15.0 Å². The minimum Gasteiger partial charge on any atom is -0.352 e. The van der Waals surface area contributed by atoms with Gasteiger partial charge in [0.1, 0.15) is 17.2 Å². The standard InChI is InChI=1S/C20H17ClF3N5OS/c21-15-9-13(20(22,23)24)10-25-18(15)29-7-5-28(6-8-29)17(30)11-31-19-14-3-1-2-4-16(14)26-12-27-19/h1-4,9-10,12H,5-8,11H2. The Labute approximate surface area is 185 Å². The number of piperazine rings is 1. The van der Waals surface area contributed by atoms with Crippen molar-refractivity contribution in [3.63, 3.8) is 0 Å². The molecule has 3 aromatic rings. The molecule has 2 aromatic heterocycles. The fraction of sp³-hybridized carbons (Fsp3) is 0.300. The van der Waals surface area contributed by atoms with Crippen LogP contribution in [0.15, 0.2) is 47.9 Å². The van der Waals surface area contributed by atoms with Crippen LogP contribution in [0.5, 0.6) is 0 Å². The van der Waals surface area contributed by atoms with Gasteiger partial charge in [-0.3, -0.25) is 4.79 Å². The number of fused-ring (bicyclic) bond motifs is 1. The summed E-state index contributed by atoms with van der Waals surface area (Å²) >= 11 is 7.39. The van der Waals surface area contributed by atoms with Gasteiger partial charge in [-0.2, -0.15) is 13.2 Å². The predicted octanol–water partition coefficient (Wildman–Crippen LogP) is 4.14. The van der Waals surface area contributed by atoms with E-state index in [4.69, 9.17) is 11.6 Å². The van der Waals surface area contributed by atoms with Gasteiger partial charge in [0.15, 0.2) is 0 Å². The summed E-state index contributed by atoms with van der Waals surface area (Å²) in [6, 6.07) is 8.48. The number of anilines is 1. The maximum absolute atomic E-state index is 12.8. The topological polar surface area (TPSA) is 62.2 Å². The third kappa shape index (κ3) is 4.85. The molecule has 31 heavy (non-hydrogen) atoms. The highest BCUT2D eigenvalue weighted by atomic mass is 35.5. The SMILES string of the molecule is O=C(CSc1ncnc2ccccc12)N1CCN(c2ncc(C(F)(F)F)cc2Cl)CC1. The molecule has 0 atom stereocenters. The fourth-order valence-electron chi connectivity index (χ4n) is 3.30. The van der Waals surface area contributed by atoms with Crippen LogP contribution in [0.25, 0.3) is 10.9 Å². The summed E-state index contributed by atoms with van der Waals surface area (Å²) < 4.78 is 38.4. The largest absolute Gasteiger partial charge is 0.417 e. The third-order valence-electron chi connectivity index (χ3n) is 4.92. The number of halogens is 4. The monoisotopic (exact) mass is 467 g/mol. The third-order valence-corrected chi connectivity index (χ3v) is 6.19. The van der Waals surface area contributed by atoms with Gasteiger partial charge in [0.25, 0.3) is 0 Å². The van der Waals surface area contributed by atoms with Gasteiger partial charge in [-0.25, -0.2) is 15.0 Å². The number of thioether (sulfide) groups is 1. The summed E-state index contributed by atoms with van der Waals surface area (Å²) in [7, 11) is 0. The molecule has 0 N–H and O–H groups in total. The number of pyridine rings is 1. The van der Waals surface area contributed by atoms with E-state index in [9.17, 15) is 18.0 Å². The number of benzene rings is 1. The molecule has 0 unspecified atom stereocenters. The van der Waals surface area contributed by atoms with Gasteiger partial charge in [-0.1, -0.05) is 41.6 Å². The highest BCUT2D eigenvalue weighted by molar-refractivity contribution is 8.00. The molecule has 1 aliphatic heterocycles. The quantitative estimate of drug-likeness (QED) is 0.424. The molecule has 0 bridgehead atoms. The smallest absolute Gasteiger partial charge is 0.352 e. The summed E-state index contributed by atoms with van der Waals surface area (Å²) in [6.07, 6.45) is -2.23. The second kappa shape index (κ2) is 8.88. The minimum atomic E-state index is -4.49. The first-order valence-electron chi connectivity index (χ1n) is 9.41. The van der Waals surface area contributed by atoms with Crippen molar-refractivity contribution in [3.8, 4) is 0 Å². The van der Waals surface area contributed by atoms with E-state index in [-0.39, 0.29) is 16.7 Å². The Balaban J connectivity index is 1.35. The van der Waals surface area contributed by atoms with Crippen molar-refractivity contribution in [1.82, 2.24) is 19.9 Å². The molecule has 1 saturated heterocycles. The van der Waals surface area contributed by atoms with E-state index in [1.807, 2.05) is 24.3 Å². The maximum Gasteiger partial charge on any atom is 0.417 e. The Morgan fingerprint density at radius 3 is 2.55 bits per heavy atom. The van der Waals surface area contributed by atoms with Crippen LogP contribution in [0.2, 0.25) is 5.02 Å². The van der Waals surface area contributed by atoms with E-state index >= 15 is 0 Å². The number of hydrogen-bond acceptors (Lipinski definition) is 6. The first-order valence-corrected chi connectivity index (χ1v) is 10.8. The molecule has 0 spiro atoms. The molecule has 0 radical (unpaired) electrons. The number of amides is 1. The average Bonchev–Trinajstić information content (AvgIpc) is 2.77. The van der Waals surface area contributed by atoms with Crippen LogP contribution in [0, 0.1) is 0 Å². The molecule has 1 fully saturated rings. The van der Waals surface area contributed by atoms with Gasteiger partial charge in [0.05, 0.1) is 21.9 Å². The van der Waals surface area contributed by atoms with E-state index in [0.29, 0.717) is 32.0 Å². The van der Waals surface area contributed by atoms with Crippen LogP contribution in [-0.2, 0) is 11.0 Å². The van der Waals surface area contributed by atoms with Crippen molar-refractivity contribution in [2.45, 2.75) is 11.2 Å². The Morgan fingerprint density at radius 1 is 1.10 bits per heavy atom. The highest BCUT2D eigenvalue weighted by Crippen LogP contribution is 2.33. The summed E-state index contributed by atoms with van der Waals surface area (Å²) in [5.74, 6) is 0.503. The van der Waals surface area contributed by atoms with E-state index < -0.39 is 11.7 Å². The zero-order valence-corrected chi connectivity index (χ0v) is 17.7. The minimum absolute atomic E-state index is 0.0289. The maximum atomic E-state index is 12.8. The fourth-order valence-corrected chi connectivity index (χ4v) is 4.48. The van der Waals surface area contributed by atoms with Crippen LogP contribution in [-0.4, -0.2) is 57.7 Å². The first kappa shape index (κ1) is 21.6. The van der Waals surface area contributed by atoms with Crippen molar-refractivity contribution < 1.29 is 18.0 Å². The Hall–Kier alpha value is -2.59. The molecule has 0 saturated carbocycles. The number of aromatic nitrogens is 3. The second-order valence-electron chi connectivity index (χ2n) is 6.88. The van der Waals surface area contributed by atoms with Crippen LogP contribution in [0.3, 0.4) is 0 Å². The molecule has 1 aliphatic rings. The van der Waals surface area contributed by atoms with E-state index in [0.717, 1.165) is 28.2 Å². The zero-order valence-electron chi connectivity index (χ0n) is 16.1. The molecular formula is C20H17ClF3N5OS. The van der Waals surface area contributed by atoms with Gasteiger partial charge in [-0.05, 0) is 12.1 Å². The molecule has 0 aliphatic carbocycles. The number of para-hydroxylation sites is 1. The van der Waals surface area contributed by atoms with Crippen molar-refractivity contribution in [2.75, 3.05) is 36.8 Å². The molecule has 1 aromatic carbocycles. The lowest BCUT2D eigenvalue weighted by Gasteiger charge is -2.35. The average molecular weight is 468 g/mol. The van der Waals surface area contributed by atoms with Crippen LogP contribution in [0.1, 0.15) is 5.56 Å². The summed E-state index contributed by atoms with van der Waals surface area (Å²) in [4.78, 5) is 28.6. The van der Waals surface area contributed by atoms with Crippen molar-refractivity contribution in [2.24, 2.45) is 0 Å². The highest BCUT2D eigenvalue weighted by Gasteiger charge is 2.32.